The Morgan fingerprint density at radius 1 is 0.246 bits per heavy atom. The van der Waals surface area contributed by atoms with Crippen LogP contribution < -0.4 is 0 Å². The number of hydrogen-bond donors (Lipinski definition) is 0. The van der Waals surface area contributed by atoms with Crippen LogP contribution in [0.5, 0.6) is 0 Å². The zero-order valence-corrected chi connectivity index (χ0v) is 35.1. The third-order valence-electron chi connectivity index (χ3n) is 12.9. The van der Waals surface area contributed by atoms with Gasteiger partial charge in [-0.1, -0.05) is 206 Å². The molecule has 0 N–H and O–H groups in total. The van der Waals surface area contributed by atoms with E-state index in [0.717, 1.165) is 66.3 Å². The van der Waals surface area contributed by atoms with Crippen molar-refractivity contribution in [1.29, 1.82) is 0 Å². The first kappa shape index (κ1) is 36.9. The van der Waals surface area contributed by atoms with Crippen molar-refractivity contribution < 1.29 is 4.42 Å². The molecular weight excluding hydrogens is 791 g/mol. The van der Waals surface area contributed by atoms with E-state index in [9.17, 15) is 0 Å². The first-order valence-corrected chi connectivity index (χ1v) is 22.0. The van der Waals surface area contributed by atoms with E-state index < -0.39 is 0 Å². The molecular formula is C61H37N3O. The van der Waals surface area contributed by atoms with Crippen molar-refractivity contribution in [2.24, 2.45) is 0 Å². The van der Waals surface area contributed by atoms with Gasteiger partial charge >= 0.3 is 0 Å². The number of rotatable bonds is 6. The van der Waals surface area contributed by atoms with Gasteiger partial charge in [0, 0.05) is 32.8 Å². The average Bonchev–Trinajstić information content (AvgIpc) is 3.78. The Bertz CT molecular complexity index is 3880. The molecule has 2 heterocycles. The molecule has 4 nitrogen and oxygen atoms in total. The Balaban J connectivity index is 0.889. The van der Waals surface area contributed by atoms with Crippen LogP contribution in [0.2, 0.25) is 0 Å². The van der Waals surface area contributed by atoms with E-state index in [4.69, 9.17) is 19.4 Å². The van der Waals surface area contributed by atoms with E-state index in [-0.39, 0.29) is 0 Å². The highest BCUT2D eigenvalue weighted by molar-refractivity contribution is 6.27. The molecule has 13 aromatic rings. The van der Waals surface area contributed by atoms with Crippen molar-refractivity contribution in [3.63, 3.8) is 0 Å². The van der Waals surface area contributed by atoms with Crippen molar-refractivity contribution >= 4 is 65.0 Å². The van der Waals surface area contributed by atoms with Gasteiger partial charge in [-0.05, 0) is 89.3 Å². The van der Waals surface area contributed by atoms with E-state index >= 15 is 0 Å². The van der Waals surface area contributed by atoms with Gasteiger partial charge in [0.1, 0.15) is 11.2 Å². The van der Waals surface area contributed by atoms with Crippen LogP contribution in [0.15, 0.2) is 229 Å². The summed E-state index contributed by atoms with van der Waals surface area (Å²) >= 11 is 0. The Morgan fingerprint density at radius 2 is 0.677 bits per heavy atom. The third kappa shape index (κ3) is 6.18. The predicted octanol–water partition coefficient (Wildman–Crippen LogP) is 16.4. The first-order valence-electron chi connectivity index (χ1n) is 22.0. The summed E-state index contributed by atoms with van der Waals surface area (Å²) in [7, 11) is 0. The van der Waals surface area contributed by atoms with E-state index in [1.165, 1.54) is 48.8 Å². The minimum absolute atomic E-state index is 0.638. The minimum atomic E-state index is 0.638. The smallest absolute Gasteiger partial charge is 0.164 e. The van der Waals surface area contributed by atoms with Crippen LogP contribution in [0.4, 0.5) is 0 Å². The molecule has 11 aromatic carbocycles. The van der Waals surface area contributed by atoms with Crippen molar-refractivity contribution in [3.8, 4) is 67.5 Å². The fourth-order valence-corrected chi connectivity index (χ4v) is 9.79. The number of benzene rings is 11. The van der Waals surface area contributed by atoms with Crippen LogP contribution in [0, 0.1) is 0 Å². The molecule has 0 bridgehead atoms. The molecule has 4 heteroatoms. The molecule has 0 unspecified atom stereocenters. The van der Waals surface area contributed by atoms with Crippen LogP contribution in [-0.4, -0.2) is 15.0 Å². The monoisotopic (exact) mass is 827 g/mol. The van der Waals surface area contributed by atoms with E-state index in [0.29, 0.717) is 17.5 Å². The Morgan fingerprint density at radius 3 is 1.25 bits per heavy atom. The second-order valence-corrected chi connectivity index (χ2v) is 16.7. The lowest BCUT2D eigenvalue weighted by Crippen LogP contribution is -2.00. The summed E-state index contributed by atoms with van der Waals surface area (Å²) in [5.41, 5.74) is 11.5. The summed E-state index contributed by atoms with van der Waals surface area (Å²) in [5.74, 6) is 1.93. The van der Waals surface area contributed by atoms with E-state index in [2.05, 4.69) is 164 Å². The fraction of sp³-hybridized carbons (Fsp3) is 0. The summed E-state index contributed by atoms with van der Waals surface area (Å²) in [6, 6.07) is 79.5. The summed E-state index contributed by atoms with van der Waals surface area (Å²) in [4.78, 5) is 14.7. The number of furan rings is 1. The molecule has 0 spiro atoms. The highest BCUT2D eigenvalue weighted by Gasteiger charge is 2.19. The van der Waals surface area contributed by atoms with Crippen molar-refractivity contribution in [3.05, 3.63) is 224 Å². The van der Waals surface area contributed by atoms with Gasteiger partial charge in [0.15, 0.2) is 17.5 Å². The first-order chi connectivity index (χ1) is 32.2. The SMILES string of the molecule is c1ccc(-c2nc(-c3ccccc3)nc(-c3ccc(-c4ccc(-c5cccc6oc7c8ccccc8c(-c8ccc9c%10ccccc%10c%10ccccc%10c9c8)cc7c56)cc4)cc3)n2)cc1. The predicted molar refractivity (Wildman–Crippen MR) is 270 cm³/mol. The van der Waals surface area contributed by atoms with Crippen LogP contribution in [0.3, 0.4) is 0 Å². The lowest BCUT2D eigenvalue weighted by Gasteiger charge is -2.13. The van der Waals surface area contributed by atoms with Gasteiger partial charge in [0.05, 0.1) is 0 Å². The lowest BCUT2D eigenvalue weighted by atomic mass is 9.89. The molecule has 0 aliphatic carbocycles. The highest BCUT2D eigenvalue weighted by Crippen LogP contribution is 2.45. The topological polar surface area (TPSA) is 51.8 Å². The van der Waals surface area contributed by atoms with Gasteiger partial charge in [-0.25, -0.2) is 15.0 Å². The molecule has 0 saturated heterocycles. The van der Waals surface area contributed by atoms with Gasteiger partial charge in [0.2, 0.25) is 0 Å². The minimum Gasteiger partial charge on any atom is -0.455 e. The largest absolute Gasteiger partial charge is 0.455 e. The van der Waals surface area contributed by atoms with Gasteiger partial charge in [-0.3, -0.25) is 0 Å². The molecule has 0 aliphatic heterocycles. The molecule has 0 aliphatic rings. The molecule has 0 radical (unpaired) electrons. The number of fused-ring (bicyclic) bond motifs is 11. The number of hydrogen-bond acceptors (Lipinski definition) is 4. The molecule has 65 heavy (non-hydrogen) atoms. The molecule has 0 saturated carbocycles. The zero-order chi connectivity index (χ0) is 42.8. The fourth-order valence-electron chi connectivity index (χ4n) is 9.79. The maximum absolute atomic E-state index is 6.79. The quantitative estimate of drug-likeness (QED) is 0.157. The second-order valence-electron chi connectivity index (χ2n) is 16.7. The van der Waals surface area contributed by atoms with Crippen LogP contribution in [0.1, 0.15) is 0 Å². The third-order valence-corrected chi connectivity index (χ3v) is 12.9. The summed E-state index contributed by atoms with van der Waals surface area (Å²) in [6.07, 6.45) is 0. The maximum atomic E-state index is 6.79. The van der Waals surface area contributed by atoms with Crippen molar-refractivity contribution in [2.45, 2.75) is 0 Å². The summed E-state index contributed by atoms with van der Waals surface area (Å²) < 4.78 is 6.79. The Kier molecular flexibility index (Phi) is 8.50. The van der Waals surface area contributed by atoms with Gasteiger partial charge in [0.25, 0.3) is 0 Å². The van der Waals surface area contributed by atoms with Crippen molar-refractivity contribution in [1.82, 2.24) is 15.0 Å². The molecule has 0 atom stereocenters. The van der Waals surface area contributed by atoms with Crippen LogP contribution in [-0.2, 0) is 0 Å². The number of nitrogens with zero attached hydrogens (tertiary/aromatic N) is 3. The molecule has 302 valence electrons. The molecule has 2 aromatic heterocycles. The summed E-state index contributed by atoms with van der Waals surface area (Å²) in [5, 5.41) is 12.1. The van der Waals surface area contributed by atoms with E-state index in [1.54, 1.807) is 0 Å². The van der Waals surface area contributed by atoms with Crippen LogP contribution in [0.25, 0.3) is 133 Å². The highest BCUT2D eigenvalue weighted by atomic mass is 16.3. The average molecular weight is 828 g/mol. The Labute approximate surface area is 374 Å². The van der Waals surface area contributed by atoms with Crippen molar-refractivity contribution in [2.75, 3.05) is 0 Å². The van der Waals surface area contributed by atoms with E-state index in [1.807, 2.05) is 60.7 Å². The van der Waals surface area contributed by atoms with Gasteiger partial charge in [-0.15, -0.1) is 0 Å². The summed E-state index contributed by atoms with van der Waals surface area (Å²) in [6.45, 7) is 0. The normalized spacial score (nSPS) is 11.7. The van der Waals surface area contributed by atoms with Gasteiger partial charge in [-0.2, -0.15) is 0 Å². The molecule has 0 amide bonds. The Hall–Kier alpha value is -8.73. The van der Waals surface area contributed by atoms with Gasteiger partial charge < -0.3 is 4.42 Å². The molecule has 13 rings (SSSR count). The maximum Gasteiger partial charge on any atom is 0.164 e. The van der Waals surface area contributed by atoms with Crippen LogP contribution >= 0.6 is 0 Å². The molecule has 0 fully saturated rings. The standard InChI is InChI=1S/C61H37N3O/c1-3-14-41(15-4-1)59-62-60(42-16-5-2-6-17-42)64-61(63-59)43-32-28-39(29-33-43)38-26-30-40(31-27-38)45-24-13-25-56-57(45)55-37-53(50-22-11-12-23-52(50)58(55)65-56)44-34-35-51-48-20-8-7-18-46(48)47-19-9-10-21-49(47)54(51)36-44/h1-37H. The zero-order valence-electron chi connectivity index (χ0n) is 35.1. The second kappa shape index (κ2) is 15.0. The lowest BCUT2D eigenvalue weighted by molar-refractivity contribution is 0.673. The number of aromatic nitrogens is 3.